The summed E-state index contributed by atoms with van der Waals surface area (Å²) in [6.07, 6.45) is 2.78. The fourth-order valence-electron chi connectivity index (χ4n) is 1.84. The average Bonchev–Trinajstić information content (AvgIpc) is 2.22. The number of nitrogens with zero attached hydrogens (tertiary/aromatic N) is 1. The lowest BCUT2D eigenvalue weighted by Crippen LogP contribution is -2.33. The van der Waals surface area contributed by atoms with E-state index in [0.29, 0.717) is 6.61 Å². The van der Waals surface area contributed by atoms with Crippen molar-refractivity contribution < 1.29 is 13.5 Å². The maximum atomic E-state index is 13.3. The molecule has 0 aromatic carbocycles. The highest BCUT2D eigenvalue weighted by molar-refractivity contribution is 5.37. The van der Waals surface area contributed by atoms with Crippen molar-refractivity contribution in [1.82, 2.24) is 4.98 Å². The molecule has 1 aromatic heterocycles. The fourth-order valence-corrected chi connectivity index (χ4v) is 1.84. The van der Waals surface area contributed by atoms with E-state index in [1.165, 1.54) is 0 Å². The van der Waals surface area contributed by atoms with Crippen molar-refractivity contribution in [2.75, 3.05) is 11.9 Å². The standard InChI is InChI=1S/C11H14F2N2O/c1-7-4-9(2-3-16-7)15-11-10(13)5-8(12)6-14-11/h5-7,9H,2-4H2,1H3,(H,14,15). The van der Waals surface area contributed by atoms with Gasteiger partial charge in [-0.3, -0.25) is 0 Å². The van der Waals surface area contributed by atoms with Crippen LogP contribution in [0.1, 0.15) is 19.8 Å². The van der Waals surface area contributed by atoms with Gasteiger partial charge in [-0.2, -0.15) is 0 Å². The highest BCUT2D eigenvalue weighted by Crippen LogP contribution is 2.19. The molecule has 2 unspecified atom stereocenters. The largest absolute Gasteiger partial charge is 0.378 e. The van der Waals surface area contributed by atoms with Crippen molar-refractivity contribution in [3.8, 4) is 0 Å². The Hall–Kier alpha value is -1.23. The number of hydrogen-bond acceptors (Lipinski definition) is 3. The lowest BCUT2D eigenvalue weighted by atomic mass is 10.0. The van der Waals surface area contributed by atoms with Gasteiger partial charge in [0.25, 0.3) is 0 Å². The molecule has 0 bridgehead atoms. The summed E-state index contributed by atoms with van der Waals surface area (Å²) in [5.74, 6) is -1.21. The van der Waals surface area contributed by atoms with Gasteiger partial charge >= 0.3 is 0 Å². The van der Waals surface area contributed by atoms with E-state index in [9.17, 15) is 8.78 Å². The van der Waals surface area contributed by atoms with Crippen molar-refractivity contribution >= 4 is 5.82 Å². The molecule has 0 aliphatic carbocycles. The predicted molar refractivity (Wildman–Crippen MR) is 56.2 cm³/mol. The van der Waals surface area contributed by atoms with Crippen molar-refractivity contribution in [3.05, 3.63) is 23.9 Å². The van der Waals surface area contributed by atoms with E-state index in [2.05, 4.69) is 10.3 Å². The van der Waals surface area contributed by atoms with Crippen LogP contribution in [0.15, 0.2) is 12.3 Å². The summed E-state index contributed by atoms with van der Waals surface area (Å²) in [5, 5.41) is 2.97. The van der Waals surface area contributed by atoms with E-state index in [4.69, 9.17) is 4.74 Å². The molecule has 1 N–H and O–H groups in total. The van der Waals surface area contributed by atoms with Gasteiger partial charge < -0.3 is 10.1 Å². The van der Waals surface area contributed by atoms with Gasteiger partial charge in [0.2, 0.25) is 0 Å². The van der Waals surface area contributed by atoms with Crippen LogP contribution < -0.4 is 5.32 Å². The van der Waals surface area contributed by atoms with Crippen LogP contribution in [-0.4, -0.2) is 23.7 Å². The van der Waals surface area contributed by atoms with Crippen LogP contribution in [0, 0.1) is 11.6 Å². The highest BCUT2D eigenvalue weighted by atomic mass is 19.1. The summed E-state index contributed by atoms with van der Waals surface area (Å²) in [6, 6.07) is 0.967. The maximum absolute atomic E-state index is 13.3. The maximum Gasteiger partial charge on any atom is 0.168 e. The van der Waals surface area contributed by atoms with Crippen molar-refractivity contribution in [3.63, 3.8) is 0 Å². The normalized spacial score (nSPS) is 25.4. The minimum atomic E-state index is -0.664. The second kappa shape index (κ2) is 4.74. The van der Waals surface area contributed by atoms with Gasteiger partial charge in [-0.05, 0) is 19.8 Å². The van der Waals surface area contributed by atoms with Crippen LogP contribution in [0.25, 0.3) is 0 Å². The summed E-state index contributed by atoms with van der Waals surface area (Å²) < 4.78 is 31.3. The molecular formula is C11H14F2N2O. The molecule has 1 aliphatic heterocycles. The molecule has 1 aliphatic rings. The van der Waals surface area contributed by atoms with E-state index in [1.807, 2.05) is 6.92 Å². The minimum absolute atomic E-state index is 0.112. The first-order valence-corrected chi connectivity index (χ1v) is 5.34. The molecule has 1 fully saturated rings. The first-order chi connectivity index (χ1) is 7.65. The zero-order valence-electron chi connectivity index (χ0n) is 9.04. The van der Waals surface area contributed by atoms with E-state index in [1.54, 1.807) is 0 Å². The summed E-state index contributed by atoms with van der Waals surface area (Å²) in [6.45, 7) is 2.63. The SMILES string of the molecule is CC1CC(Nc2ncc(F)cc2F)CCO1. The molecule has 16 heavy (non-hydrogen) atoms. The monoisotopic (exact) mass is 228 g/mol. The molecule has 1 saturated heterocycles. The van der Waals surface area contributed by atoms with E-state index >= 15 is 0 Å². The van der Waals surface area contributed by atoms with E-state index in [0.717, 1.165) is 25.1 Å². The third-order valence-corrected chi connectivity index (χ3v) is 2.63. The van der Waals surface area contributed by atoms with Gasteiger partial charge in [-0.1, -0.05) is 0 Å². The number of hydrogen-bond donors (Lipinski definition) is 1. The van der Waals surface area contributed by atoms with Crippen LogP contribution in [0.2, 0.25) is 0 Å². The molecule has 3 nitrogen and oxygen atoms in total. The zero-order valence-corrected chi connectivity index (χ0v) is 9.04. The molecule has 2 heterocycles. The lowest BCUT2D eigenvalue weighted by Gasteiger charge is -2.28. The second-order valence-electron chi connectivity index (χ2n) is 4.03. The number of nitrogens with one attached hydrogen (secondary N) is 1. The molecule has 0 saturated carbocycles. The van der Waals surface area contributed by atoms with Gasteiger partial charge in [0, 0.05) is 18.7 Å². The molecule has 2 atom stereocenters. The zero-order chi connectivity index (χ0) is 11.5. The molecular weight excluding hydrogens is 214 g/mol. The summed E-state index contributed by atoms with van der Waals surface area (Å²) in [7, 11) is 0. The van der Waals surface area contributed by atoms with Crippen molar-refractivity contribution in [2.24, 2.45) is 0 Å². The predicted octanol–water partition coefficient (Wildman–Crippen LogP) is 2.34. The fraction of sp³-hybridized carbons (Fsp3) is 0.545. The quantitative estimate of drug-likeness (QED) is 0.843. The lowest BCUT2D eigenvalue weighted by molar-refractivity contribution is 0.0231. The number of rotatable bonds is 2. The second-order valence-corrected chi connectivity index (χ2v) is 4.03. The molecule has 2 rings (SSSR count). The molecule has 0 radical (unpaired) electrons. The number of aromatic nitrogens is 1. The highest BCUT2D eigenvalue weighted by Gasteiger charge is 2.20. The van der Waals surface area contributed by atoms with Gasteiger partial charge in [-0.15, -0.1) is 0 Å². The van der Waals surface area contributed by atoms with Crippen molar-refractivity contribution in [2.45, 2.75) is 31.9 Å². The number of halogens is 2. The van der Waals surface area contributed by atoms with Gasteiger partial charge in [0.05, 0.1) is 12.3 Å². The molecule has 5 heteroatoms. The van der Waals surface area contributed by atoms with E-state index in [-0.39, 0.29) is 18.0 Å². The summed E-state index contributed by atoms with van der Waals surface area (Å²) in [5.41, 5.74) is 0. The Bertz CT molecular complexity index is 373. The topological polar surface area (TPSA) is 34.2 Å². The molecule has 88 valence electrons. The van der Waals surface area contributed by atoms with E-state index < -0.39 is 11.6 Å². The minimum Gasteiger partial charge on any atom is -0.378 e. The number of anilines is 1. The Labute approximate surface area is 92.8 Å². The van der Waals surface area contributed by atoms with Crippen molar-refractivity contribution in [1.29, 1.82) is 0 Å². The van der Waals surface area contributed by atoms with Gasteiger partial charge in [-0.25, -0.2) is 13.8 Å². The van der Waals surface area contributed by atoms with Crippen LogP contribution in [0.4, 0.5) is 14.6 Å². The van der Waals surface area contributed by atoms with Gasteiger partial charge in [0.15, 0.2) is 11.6 Å². The third kappa shape index (κ3) is 2.66. The number of pyridine rings is 1. The molecule has 0 amide bonds. The first kappa shape index (κ1) is 11.3. The van der Waals surface area contributed by atoms with Gasteiger partial charge in [0.1, 0.15) is 5.82 Å². The Morgan fingerprint density at radius 2 is 2.31 bits per heavy atom. The van der Waals surface area contributed by atoms with Crippen LogP contribution in [0.3, 0.4) is 0 Å². The first-order valence-electron chi connectivity index (χ1n) is 5.34. The molecule has 1 aromatic rings. The Morgan fingerprint density at radius 3 is 3.00 bits per heavy atom. The smallest absolute Gasteiger partial charge is 0.168 e. The third-order valence-electron chi connectivity index (χ3n) is 2.63. The van der Waals surface area contributed by atoms with Crippen LogP contribution >= 0.6 is 0 Å². The van der Waals surface area contributed by atoms with Crippen LogP contribution in [0.5, 0.6) is 0 Å². The number of ether oxygens (including phenoxy) is 1. The Morgan fingerprint density at radius 1 is 1.50 bits per heavy atom. The average molecular weight is 228 g/mol. The Balaban J connectivity index is 2.02. The molecule has 0 spiro atoms. The summed E-state index contributed by atoms with van der Waals surface area (Å²) in [4.78, 5) is 3.70. The Kier molecular flexibility index (Phi) is 3.33. The summed E-state index contributed by atoms with van der Waals surface area (Å²) >= 11 is 0. The van der Waals surface area contributed by atoms with Crippen LogP contribution in [-0.2, 0) is 4.74 Å².